The molecule has 1 saturated heterocycles. The van der Waals surface area contributed by atoms with Crippen LogP contribution >= 0.6 is 0 Å². The van der Waals surface area contributed by atoms with Crippen LogP contribution in [0.5, 0.6) is 0 Å². The molecule has 1 aliphatic carbocycles. The number of hydrogen-bond acceptors (Lipinski definition) is 4. The summed E-state index contributed by atoms with van der Waals surface area (Å²) < 4.78 is 64.2. The molecule has 5 nitrogen and oxygen atoms in total. The van der Waals surface area contributed by atoms with E-state index in [9.17, 15) is 21.2 Å². The maximum absolute atomic E-state index is 13.2. The minimum absolute atomic E-state index is 0.0243. The van der Waals surface area contributed by atoms with Crippen molar-refractivity contribution in [1.82, 2.24) is 4.31 Å². The van der Waals surface area contributed by atoms with Crippen molar-refractivity contribution in [2.45, 2.75) is 48.4 Å². The van der Waals surface area contributed by atoms with E-state index in [2.05, 4.69) is 0 Å². The number of hydrogen-bond donors (Lipinski definition) is 0. The zero-order valence-electron chi connectivity index (χ0n) is 13.4. The number of sulfonamides is 1. The van der Waals surface area contributed by atoms with Crippen LogP contribution < -0.4 is 0 Å². The first-order valence-corrected chi connectivity index (χ1v) is 11.5. The highest BCUT2D eigenvalue weighted by Crippen LogP contribution is 2.31. The van der Waals surface area contributed by atoms with E-state index in [1.54, 1.807) is 6.07 Å². The van der Waals surface area contributed by atoms with Crippen molar-refractivity contribution in [1.29, 1.82) is 0 Å². The van der Waals surface area contributed by atoms with Crippen LogP contribution in [-0.2, 0) is 25.6 Å². The van der Waals surface area contributed by atoms with Gasteiger partial charge in [0.2, 0.25) is 10.0 Å². The van der Waals surface area contributed by atoms with Gasteiger partial charge in [-0.2, -0.15) is 4.31 Å². The molecule has 0 unspecified atom stereocenters. The maximum Gasteiger partial charge on any atom is 0.218 e. The highest BCUT2D eigenvalue weighted by atomic mass is 32.2. The van der Waals surface area contributed by atoms with Crippen LogP contribution in [-0.4, -0.2) is 44.7 Å². The van der Waals surface area contributed by atoms with Crippen LogP contribution in [0, 0.1) is 5.82 Å². The first kappa shape index (κ1) is 17.8. The van der Waals surface area contributed by atoms with Gasteiger partial charge in [-0.3, -0.25) is 0 Å². The van der Waals surface area contributed by atoms with Crippen molar-refractivity contribution in [2.24, 2.45) is 0 Å². The average Bonchev–Trinajstić information content (AvgIpc) is 2.45. The Kier molecular flexibility index (Phi) is 4.99. The lowest BCUT2D eigenvalue weighted by atomic mass is 10.0. The third kappa shape index (κ3) is 3.65. The number of benzene rings is 1. The number of sulfone groups is 1. The minimum Gasteiger partial charge on any atom is -0.228 e. The molecule has 2 fully saturated rings. The summed E-state index contributed by atoms with van der Waals surface area (Å²) in [4.78, 5) is 0. The summed E-state index contributed by atoms with van der Waals surface area (Å²) in [5.41, 5.74) is 0.369. The predicted octanol–water partition coefficient (Wildman–Crippen LogP) is 2.09. The van der Waals surface area contributed by atoms with Crippen LogP contribution in [0.3, 0.4) is 0 Å². The van der Waals surface area contributed by atoms with E-state index in [1.807, 2.05) is 0 Å². The van der Waals surface area contributed by atoms with Gasteiger partial charge in [0.25, 0.3) is 0 Å². The lowest BCUT2D eigenvalue weighted by molar-refractivity contribution is 0.306. The van der Waals surface area contributed by atoms with Crippen molar-refractivity contribution >= 4 is 19.9 Å². The summed E-state index contributed by atoms with van der Waals surface area (Å²) in [6, 6.07) is 5.46. The standard InChI is InChI=1S/C16H22FNO4S2/c17-14-6-4-5-13(9-14)12-23(19,20)18-10-16(11-18)24(21,22)15-7-2-1-3-8-15/h4-6,9,15-16H,1-3,7-8,10-12H2. The molecule has 8 heteroatoms. The van der Waals surface area contributed by atoms with Gasteiger partial charge in [0.05, 0.1) is 16.3 Å². The monoisotopic (exact) mass is 375 g/mol. The normalized spacial score (nSPS) is 21.5. The highest BCUT2D eigenvalue weighted by molar-refractivity contribution is 7.93. The van der Waals surface area contributed by atoms with Gasteiger partial charge in [-0.1, -0.05) is 31.4 Å². The van der Waals surface area contributed by atoms with E-state index >= 15 is 0 Å². The maximum atomic E-state index is 13.2. The zero-order valence-corrected chi connectivity index (χ0v) is 15.0. The van der Waals surface area contributed by atoms with E-state index in [-0.39, 0.29) is 24.1 Å². The largest absolute Gasteiger partial charge is 0.228 e. The fraction of sp³-hybridized carbons (Fsp3) is 0.625. The molecule has 0 aromatic heterocycles. The van der Waals surface area contributed by atoms with E-state index < -0.39 is 30.9 Å². The van der Waals surface area contributed by atoms with Crippen molar-refractivity contribution in [3.8, 4) is 0 Å². The van der Waals surface area contributed by atoms with E-state index in [0.29, 0.717) is 18.4 Å². The number of halogens is 1. The predicted molar refractivity (Wildman–Crippen MR) is 90.2 cm³/mol. The molecule has 1 aliphatic heterocycles. The van der Waals surface area contributed by atoms with Crippen molar-refractivity contribution in [3.05, 3.63) is 35.6 Å². The van der Waals surface area contributed by atoms with Crippen molar-refractivity contribution in [2.75, 3.05) is 13.1 Å². The quantitative estimate of drug-likeness (QED) is 0.790. The molecule has 1 heterocycles. The van der Waals surface area contributed by atoms with Gasteiger partial charge >= 0.3 is 0 Å². The number of rotatable bonds is 5. The van der Waals surface area contributed by atoms with Gasteiger partial charge < -0.3 is 0 Å². The Hall–Kier alpha value is -0.990. The Morgan fingerprint density at radius 2 is 1.67 bits per heavy atom. The SMILES string of the molecule is O=S(=O)(C1CCCCC1)C1CN(S(=O)(=O)Cc2cccc(F)c2)C1. The molecule has 134 valence electrons. The molecule has 0 bridgehead atoms. The van der Waals surface area contributed by atoms with E-state index in [1.165, 1.54) is 22.5 Å². The first-order valence-electron chi connectivity index (χ1n) is 8.24. The molecular formula is C16H22FNO4S2. The third-order valence-corrected chi connectivity index (χ3v) is 9.34. The second-order valence-electron chi connectivity index (χ2n) is 6.67. The summed E-state index contributed by atoms with van der Waals surface area (Å²) in [7, 11) is -6.88. The average molecular weight is 375 g/mol. The fourth-order valence-corrected chi connectivity index (χ4v) is 7.53. The van der Waals surface area contributed by atoms with Crippen LogP contribution in [0.4, 0.5) is 4.39 Å². The molecule has 0 amide bonds. The molecule has 1 aromatic rings. The summed E-state index contributed by atoms with van der Waals surface area (Å²) in [5.74, 6) is -0.787. The van der Waals surface area contributed by atoms with Gasteiger partial charge in [0, 0.05) is 13.1 Å². The lowest BCUT2D eigenvalue weighted by Gasteiger charge is -2.39. The van der Waals surface area contributed by atoms with Gasteiger partial charge in [0.1, 0.15) is 5.82 Å². The molecule has 2 aliphatic rings. The molecular weight excluding hydrogens is 353 g/mol. The van der Waals surface area contributed by atoms with Gasteiger partial charge in [0.15, 0.2) is 9.84 Å². The van der Waals surface area contributed by atoms with E-state index in [0.717, 1.165) is 19.3 Å². The molecule has 0 N–H and O–H groups in total. The first-order chi connectivity index (χ1) is 11.3. The molecule has 1 saturated carbocycles. The van der Waals surface area contributed by atoms with Crippen LogP contribution in [0.15, 0.2) is 24.3 Å². The highest BCUT2D eigenvalue weighted by Gasteiger charge is 2.45. The van der Waals surface area contributed by atoms with Crippen molar-refractivity contribution in [3.63, 3.8) is 0 Å². The summed E-state index contributed by atoms with van der Waals surface area (Å²) in [6.45, 7) is 0.0486. The number of nitrogens with zero attached hydrogens (tertiary/aromatic N) is 1. The van der Waals surface area contributed by atoms with E-state index in [4.69, 9.17) is 0 Å². The van der Waals surface area contributed by atoms with Gasteiger partial charge in [-0.05, 0) is 30.5 Å². The zero-order chi connectivity index (χ0) is 17.4. The molecule has 24 heavy (non-hydrogen) atoms. The van der Waals surface area contributed by atoms with Crippen LogP contribution in [0.2, 0.25) is 0 Å². The van der Waals surface area contributed by atoms with Crippen LogP contribution in [0.25, 0.3) is 0 Å². The minimum atomic E-state index is -3.62. The Labute approximate surface area is 142 Å². The van der Waals surface area contributed by atoms with Crippen LogP contribution in [0.1, 0.15) is 37.7 Å². The topological polar surface area (TPSA) is 71.5 Å². The lowest BCUT2D eigenvalue weighted by Crippen LogP contribution is -2.58. The summed E-state index contributed by atoms with van der Waals surface area (Å²) in [5, 5.41) is -0.910. The summed E-state index contributed by atoms with van der Waals surface area (Å²) in [6.07, 6.45) is 4.31. The Morgan fingerprint density at radius 1 is 1.00 bits per heavy atom. The Morgan fingerprint density at radius 3 is 2.29 bits per heavy atom. The molecule has 1 aromatic carbocycles. The third-order valence-electron chi connectivity index (χ3n) is 4.93. The Bertz CT molecular complexity index is 795. The van der Waals surface area contributed by atoms with Crippen molar-refractivity contribution < 1.29 is 21.2 Å². The Balaban J connectivity index is 1.62. The molecule has 0 spiro atoms. The molecule has 0 atom stereocenters. The smallest absolute Gasteiger partial charge is 0.218 e. The second-order valence-corrected chi connectivity index (χ2v) is 11.2. The fourth-order valence-electron chi connectivity index (χ4n) is 3.43. The summed E-state index contributed by atoms with van der Waals surface area (Å²) >= 11 is 0. The van der Waals surface area contributed by atoms with Gasteiger partial charge in [-0.15, -0.1) is 0 Å². The van der Waals surface area contributed by atoms with Gasteiger partial charge in [-0.25, -0.2) is 21.2 Å². The molecule has 0 radical (unpaired) electrons. The second kappa shape index (κ2) is 6.72. The molecule has 3 rings (SSSR count).